The molecule has 0 aliphatic carbocycles. The highest BCUT2D eigenvalue weighted by atomic mass is 19.4. The van der Waals surface area contributed by atoms with Crippen LogP contribution in [0.4, 0.5) is 19.0 Å². The quantitative estimate of drug-likeness (QED) is 0.855. The van der Waals surface area contributed by atoms with Crippen LogP contribution in [-0.2, 0) is 0 Å². The van der Waals surface area contributed by atoms with E-state index >= 15 is 0 Å². The zero-order valence-corrected chi connectivity index (χ0v) is 13.3. The van der Waals surface area contributed by atoms with Gasteiger partial charge in [0.25, 0.3) is 0 Å². The number of nitrogens with zero attached hydrogens (tertiary/aromatic N) is 5. The number of hydrogen-bond acceptors (Lipinski definition) is 5. The second kappa shape index (κ2) is 7.07. The van der Waals surface area contributed by atoms with E-state index in [4.69, 9.17) is 5.26 Å². The monoisotopic (exact) mass is 347 g/mol. The van der Waals surface area contributed by atoms with E-state index in [9.17, 15) is 13.2 Å². The van der Waals surface area contributed by atoms with Crippen LogP contribution in [0, 0.1) is 11.3 Å². The summed E-state index contributed by atoms with van der Waals surface area (Å²) in [6.45, 7) is 1.15. The van der Waals surface area contributed by atoms with Crippen LogP contribution in [0.1, 0.15) is 17.3 Å². The van der Waals surface area contributed by atoms with Crippen molar-refractivity contribution in [1.29, 1.82) is 5.26 Å². The standard InChI is InChI=1S/C17H16F3N5/c18-17(19,20)15(13-4-2-1-3-5-13)24-8-10-25(11-9-24)16-14(12-21)22-6-7-23-16/h1-7,15H,8-11H2. The van der Waals surface area contributed by atoms with Gasteiger partial charge in [-0.3, -0.25) is 4.90 Å². The average Bonchev–Trinajstić information content (AvgIpc) is 2.62. The number of nitriles is 1. The summed E-state index contributed by atoms with van der Waals surface area (Å²) >= 11 is 0. The van der Waals surface area contributed by atoms with Gasteiger partial charge in [0.2, 0.25) is 0 Å². The van der Waals surface area contributed by atoms with Crippen molar-refractivity contribution in [3.05, 3.63) is 54.0 Å². The summed E-state index contributed by atoms with van der Waals surface area (Å²) in [5, 5.41) is 9.11. The Balaban J connectivity index is 1.77. The van der Waals surface area contributed by atoms with Gasteiger partial charge in [-0.15, -0.1) is 0 Å². The van der Waals surface area contributed by atoms with Crippen molar-refractivity contribution in [3.63, 3.8) is 0 Å². The zero-order valence-electron chi connectivity index (χ0n) is 13.3. The molecule has 1 fully saturated rings. The lowest BCUT2D eigenvalue weighted by molar-refractivity contribution is -0.187. The van der Waals surface area contributed by atoms with Gasteiger partial charge in [-0.2, -0.15) is 18.4 Å². The Kier molecular flexibility index (Phi) is 4.86. The first-order valence-electron chi connectivity index (χ1n) is 7.82. The number of benzene rings is 1. The molecule has 2 aromatic rings. The number of piperazine rings is 1. The molecule has 1 unspecified atom stereocenters. The van der Waals surface area contributed by atoms with E-state index in [0.29, 0.717) is 18.9 Å². The zero-order chi connectivity index (χ0) is 17.9. The SMILES string of the molecule is N#Cc1nccnc1N1CCN(C(c2ccccc2)C(F)(F)F)CC1. The lowest BCUT2D eigenvalue weighted by Crippen LogP contribution is -2.51. The minimum Gasteiger partial charge on any atom is -0.352 e. The van der Waals surface area contributed by atoms with Crippen molar-refractivity contribution < 1.29 is 13.2 Å². The predicted molar refractivity (Wildman–Crippen MR) is 85.8 cm³/mol. The van der Waals surface area contributed by atoms with Crippen LogP contribution in [-0.4, -0.2) is 47.2 Å². The Bertz CT molecular complexity index is 749. The van der Waals surface area contributed by atoms with Crippen molar-refractivity contribution in [2.24, 2.45) is 0 Å². The third-order valence-electron chi connectivity index (χ3n) is 4.19. The largest absolute Gasteiger partial charge is 0.408 e. The molecule has 0 spiro atoms. The topological polar surface area (TPSA) is 56.1 Å². The van der Waals surface area contributed by atoms with Gasteiger partial charge in [-0.05, 0) is 5.56 Å². The van der Waals surface area contributed by atoms with E-state index in [2.05, 4.69) is 9.97 Å². The molecule has 2 heterocycles. The molecule has 0 amide bonds. The Morgan fingerprint density at radius 1 is 1.00 bits per heavy atom. The van der Waals surface area contributed by atoms with Gasteiger partial charge < -0.3 is 4.90 Å². The predicted octanol–water partition coefficient (Wildman–Crippen LogP) is 2.77. The summed E-state index contributed by atoms with van der Waals surface area (Å²) in [6, 6.07) is 8.27. The number of hydrogen-bond donors (Lipinski definition) is 0. The normalized spacial score (nSPS) is 17.1. The number of rotatable bonds is 3. The fraction of sp³-hybridized carbons (Fsp3) is 0.353. The van der Waals surface area contributed by atoms with Gasteiger partial charge in [0.05, 0.1) is 0 Å². The molecule has 1 aliphatic heterocycles. The van der Waals surface area contributed by atoms with Gasteiger partial charge in [0, 0.05) is 38.6 Å². The molecule has 1 atom stereocenters. The number of aromatic nitrogens is 2. The highest BCUT2D eigenvalue weighted by Gasteiger charge is 2.45. The maximum absolute atomic E-state index is 13.6. The van der Waals surface area contributed by atoms with Crippen LogP contribution in [0.25, 0.3) is 0 Å². The summed E-state index contributed by atoms with van der Waals surface area (Å²) < 4.78 is 40.8. The molecule has 1 aliphatic rings. The van der Waals surface area contributed by atoms with Gasteiger partial charge >= 0.3 is 6.18 Å². The number of halogens is 3. The summed E-state index contributed by atoms with van der Waals surface area (Å²) in [5.41, 5.74) is 0.423. The van der Waals surface area contributed by atoms with Crippen molar-refractivity contribution >= 4 is 5.82 Å². The second-order valence-corrected chi connectivity index (χ2v) is 5.72. The highest BCUT2D eigenvalue weighted by molar-refractivity contribution is 5.49. The van der Waals surface area contributed by atoms with Crippen LogP contribution < -0.4 is 4.90 Å². The number of alkyl halides is 3. The van der Waals surface area contributed by atoms with Crippen LogP contribution >= 0.6 is 0 Å². The van der Waals surface area contributed by atoms with E-state index in [0.717, 1.165) is 0 Å². The van der Waals surface area contributed by atoms with E-state index in [1.807, 2.05) is 6.07 Å². The van der Waals surface area contributed by atoms with Gasteiger partial charge in [-0.1, -0.05) is 30.3 Å². The second-order valence-electron chi connectivity index (χ2n) is 5.72. The van der Waals surface area contributed by atoms with Crippen molar-refractivity contribution in [2.45, 2.75) is 12.2 Å². The van der Waals surface area contributed by atoms with Crippen molar-refractivity contribution in [2.75, 3.05) is 31.1 Å². The first-order valence-corrected chi connectivity index (χ1v) is 7.82. The molecular formula is C17H16F3N5. The first kappa shape index (κ1) is 17.2. The minimum atomic E-state index is -4.35. The molecule has 8 heteroatoms. The summed E-state index contributed by atoms with van der Waals surface area (Å²) in [5.74, 6) is 0.424. The molecule has 1 aromatic heterocycles. The molecule has 3 rings (SSSR count). The lowest BCUT2D eigenvalue weighted by atomic mass is 10.0. The highest BCUT2D eigenvalue weighted by Crippen LogP contribution is 2.38. The number of anilines is 1. The molecule has 0 N–H and O–H groups in total. The van der Waals surface area contributed by atoms with Crippen molar-refractivity contribution in [1.82, 2.24) is 14.9 Å². The van der Waals surface area contributed by atoms with Gasteiger partial charge in [-0.25, -0.2) is 9.97 Å². The van der Waals surface area contributed by atoms with Crippen molar-refractivity contribution in [3.8, 4) is 6.07 Å². The van der Waals surface area contributed by atoms with E-state index in [1.54, 1.807) is 23.1 Å². The van der Waals surface area contributed by atoms with Gasteiger partial charge in [0.15, 0.2) is 11.5 Å². The van der Waals surface area contributed by atoms with E-state index in [-0.39, 0.29) is 24.3 Å². The third kappa shape index (κ3) is 3.72. The molecule has 25 heavy (non-hydrogen) atoms. The van der Waals surface area contributed by atoms with E-state index < -0.39 is 12.2 Å². The summed E-state index contributed by atoms with van der Waals surface area (Å²) in [7, 11) is 0. The Morgan fingerprint density at radius 3 is 2.24 bits per heavy atom. The maximum Gasteiger partial charge on any atom is 0.408 e. The van der Waals surface area contributed by atoms with Crippen LogP contribution in [0.5, 0.6) is 0 Å². The molecular weight excluding hydrogens is 331 g/mol. The molecule has 0 bridgehead atoms. The minimum absolute atomic E-state index is 0.186. The smallest absolute Gasteiger partial charge is 0.352 e. The molecule has 130 valence electrons. The third-order valence-corrected chi connectivity index (χ3v) is 4.19. The maximum atomic E-state index is 13.6. The Hall–Kier alpha value is -2.66. The Labute approximate surface area is 143 Å². The molecule has 1 saturated heterocycles. The fourth-order valence-electron chi connectivity index (χ4n) is 3.08. The van der Waals surface area contributed by atoms with Gasteiger partial charge in [0.1, 0.15) is 12.1 Å². The fourth-order valence-corrected chi connectivity index (χ4v) is 3.08. The molecule has 5 nitrogen and oxygen atoms in total. The lowest BCUT2D eigenvalue weighted by Gasteiger charge is -2.40. The molecule has 0 radical (unpaired) electrons. The molecule has 0 saturated carbocycles. The summed E-state index contributed by atoms with van der Waals surface area (Å²) in [4.78, 5) is 11.3. The van der Waals surface area contributed by atoms with E-state index in [1.165, 1.54) is 29.4 Å². The van der Waals surface area contributed by atoms with Crippen LogP contribution in [0.3, 0.4) is 0 Å². The first-order chi connectivity index (χ1) is 12.0. The average molecular weight is 347 g/mol. The van der Waals surface area contributed by atoms with Crippen LogP contribution in [0.15, 0.2) is 42.7 Å². The van der Waals surface area contributed by atoms with Crippen LogP contribution in [0.2, 0.25) is 0 Å². The Morgan fingerprint density at radius 2 is 1.64 bits per heavy atom. The molecule has 1 aromatic carbocycles. The summed E-state index contributed by atoms with van der Waals surface area (Å²) in [6.07, 6.45) is -1.45.